The second kappa shape index (κ2) is 7.14. The van der Waals surface area contributed by atoms with E-state index in [0.29, 0.717) is 10.8 Å². The van der Waals surface area contributed by atoms with Crippen molar-refractivity contribution >= 4 is 40.3 Å². The van der Waals surface area contributed by atoms with Crippen molar-refractivity contribution in [3.63, 3.8) is 0 Å². The van der Waals surface area contributed by atoms with Crippen molar-refractivity contribution in [3.8, 4) is 0 Å². The fourth-order valence-corrected chi connectivity index (χ4v) is 2.46. The van der Waals surface area contributed by atoms with Gasteiger partial charge in [0.15, 0.2) is 5.11 Å². The van der Waals surface area contributed by atoms with Gasteiger partial charge in [-0.1, -0.05) is 29.8 Å². The number of rotatable bonds is 3. The number of aryl methyl sites for hydroxylation is 2. The molecule has 0 aliphatic rings. The van der Waals surface area contributed by atoms with Gasteiger partial charge in [-0.2, -0.15) is 5.10 Å². The molecule has 3 rings (SSSR count). The summed E-state index contributed by atoms with van der Waals surface area (Å²) in [5.41, 5.74) is 8.44. The SMILES string of the molecule is Cc1ccc(NC(=S)N/N=C\c2cnc3ccccc3n2)c(C)c1. The largest absolute Gasteiger partial charge is 0.331 e. The van der Waals surface area contributed by atoms with Gasteiger partial charge in [0.2, 0.25) is 0 Å². The van der Waals surface area contributed by atoms with E-state index in [2.05, 4.69) is 38.8 Å². The highest BCUT2D eigenvalue weighted by molar-refractivity contribution is 7.80. The Morgan fingerprint density at radius 3 is 2.71 bits per heavy atom. The molecule has 0 atom stereocenters. The van der Waals surface area contributed by atoms with E-state index in [0.717, 1.165) is 22.3 Å². The number of thiocarbonyl (C=S) groups is 1. The van der Waals surface area contributed by atoms with Crippen LogP contribution in [0.4, 0.5) is 5.69 Å². The van der Waals surface area contributed by atoms with Crippen LogP contribution in [-0.2, 0) is 0 Å². The highest BCUT2D eigenvalue weighted by Crippen LogP contribution is 2.15. The van der Waals surface area contributed by atoms with Crippen molar-refractivity contribution in [1.82, 2.24) is 15.4 Å². The average Bonchev–Trinajstić information content (AvgIpc) is 2.57. The molecule has 120 valence electrons. The first kappa shape index (κ1) is 16.0. The van der Waals surface area contributed by atoms with E-state index in [1.54, 1.807) is 12.4 Å². The molecule has 0 saturated heterocycles. The van der Waals surface area contributed by atoms with Crippen LogP contribution in [0.2, 0.25) is 0 Å². The summed E-state index contributed by atoms with van der Waals surface area (Å²) in [6.07, 6.45) is 3.27. The first-order valence-corrected chi connectivity index (χ1v) is 7.92. The van der Waals surface area contributed by atoms with E-state index < -0.39 is 0 Å². The van der Waals surface area contributed by atoms with E-state index in [4.69, 9.17) is 12.2 Å². The molecule has 2 aromatic carbocycles. The van der Waals surface area contributed by atoms with Crippen molar-refractivity contribution in [1.29, 1.82) is 0 Å². The Hall–Kier alpha value is -2.86. The summed E-state index contributed by atoms with van der Waals surface area (Å²) in [7, 11) is 0. The first-order valence-electron chi connectivity index (χ1n) is 7.51. The van der Waals surface area contributed by atoms with Crippen molar-refractivity contribution in [2.75, 3.05) is 5.32 Å². The Morgan fingerprint density at radius 1 is 1.12 bits per heavy atom. The number of hydrogen-bond acceptors (Lipinski definition) is 4. The highest BCUT2D eigenvalue weighted by Gasteiger charge is 2.01. The molecule has 0 fully saturated rings. The number of aromatic nitrogens is 2. The van der Waals surface area contributed by atoms with Crippen LogP contribution in [0.15, 0.2) is 53.8 Å². The summed E-state index contributed by atoms with van der Waals surface area (Å²) in [6.45, 7) is 4.09. The van der Waals surface area contributed by atoms with E-state index in [1.807, 2.05) is 43.3 Å². The minimum Gasteiger partial charge on any atom is -0.331 e. The van der Waals surface area contributed by atoms with E-state index in [-0.39, 0.29) is 0 Å². The molecule has 5 nitrogen and oxygen atoms in total. The van der Waals surface area contributed by atoms with Crippen LogP contribution < -0.4 is 10.7 Å². The minimum atomic E-state index is 0.423. The maximum absolute atomic E-state index is 5.25. The van der Waals surface area contributed by atoms with Crippen LogP contribution in [0, 0.1) is 13.8 Å². The number of anilines is 1. The molecule has 0 bridgehead atoms. The fourth-order valence-electron chi connectivity index (χ4n) is 2.29. The Bertz CT molecular complexity index is 920. The molecule has 3 aromatic rings. The second-order valence-electron chi connectivity index (χ2n) is 5.43. The van der Waals surface area contributed by atoms with Gasteiger partial charge in [0.25, 0.3) is 0 Å². The van der Waals surface area contributed by atoms with E-state index in [1.165, 1.54) is 5.56 Å². The van der Waals surface area contributed by atoms with Crippen LogP contribution in [0.5, 0.6) is 0 Å². The minimum absolute atomic E-state index is 0.423. The van der Waals surface area contributed by atoms with Crippen molar-refractivity contribution in [2.45, 2.75) is 13.8 Å². The summed E-state index contributed by atoms with van der Waals surface area (Å²) in [5, 5.41) is 7.66. The van der Waals surface area contributed by atoms with Gasteiger partial charge in [0.05, 0.1) is 23.4 Å². The van der Waals surface area contributed by atoms with Gasteiger partial charge in [-0.3, -0.25) is 10.4 Å². The molecular weight excluding hydrogens is 318 g/mol. The van der Waals surface area contributed by atoms with Gasteiger partial charge in [-0.25, -0.2) is 4.98 Å². The third-order valence-electron chi connectivity index (χ3n) is 3.46. The van der Waals surface area contributed by atoms with E-state index in [9.17, 15) is 0 Å². The third kappa shape index (κ3) is 3.91. The Kier molecular flexibility index (Phi) is 4.77. The van der Waals surface area contributed by atoms with Gasteiger partial charge in [0.1, 0.15) is 5.69 Å². The highest BCUT2D eigenvalue weighted by atomic mass is 32.1. The molecule has 0 amide bonds. The summed E-state index contributed by atoms with van der Waals surface area (Å²) < 4.78 is 0. The van der Waals surface area contributed by atoms with Crippen LogP contribution in [-0.4, -0.2) is 21.3 Å². The van der Waals surface area contributed by atoms with Crippen molar-refractivity contribution in [2.24, 2.45) is 5.10 Å². The van der Waals surface area contributed by atoms with Gasteiger partial charge in [0, 0.05) is 5.69 Å². The summed E-state index contributed by atoms with van der Waals surface area (Å²) in [6, 6.07) is 13.8. The number of hydrogen-bond donors (Lipinski definition) is 2. The van der Waals surface area contributed by atoms with Crippen LogP contribution >= 0.6 is 12.2 Å². The van der Waals surface area contributed by atoms with E-state index >= 15 is 0 Å². The zero-order valence-electron chi connectivity index (χ0n) is 13.4. The summed E-state index contributed by atoms with van der Waals surface area (Å²) in [4.78, 5) is 8.80. The molecule has 1 aromatic heterocycles. The number of benzene rings is 2. The lowest BCUT2D eigenvalue weighted by Crippen LogP contribution is -2.24. The van der Waals surface area contributed by atoms with Gasteiger partial charge < -0.3 is 5.32 Å². The summed E-state index contributed by atoms with van der Waals surface area (Å²) >= 11 is 5.25. The average molecular weight is 335 g/mol. The standard InChI is InChI=1S/C18H17N5S/c1-12-7-8-15(13(2)9-12)22-18(24)23-20-11-14-10-19-16-5-3-4-6-17(16)21-14/h3-11H,1-2H3,(H2,22,23,24)/b20-11-. The van der Waals surface area contributed by atoms with Crippen LogP contribution in [0.1, 0.15) is 16.8 Å². The maximum atomic E-state index is 5.25. The normalized spacial score (nSPS) is 10.9. The molecule has 0 saturated carbocycles. The Balaban J connectivity index is 1.63. The first-order chi connectivity index (χ1) is 11.6. The van der Waals surface area contributed by atoms with Gasteiger partial charge >= 0.3 is 0 Å². The molecular formula is C18H17N5S. The van der Waals surface area contributed by atoms with Crippen molar-refractivity contribution < 1.29 is 0 Å². The molecule has 0 aliphatic carbocycles. The maximum Gasteiger partial charge on any atom is 0.191 e. The lowest BCUT2D eigenvalue weighted by atomic mass is 10.1. The zero-order chi connectivity index (χ0) is 16.9. The number of hydrazone groups is 1. The van der Waals surface area contributed by atoms with Gasteiger partial charge in [-0.05, 0) is 49.8 Å². The molecule has 0 aliphatic heterocycles. The molecule has 0 spiro atoms. The Labute approximate surface area is 145 Å². The van der Waals surface area contributed by atoms with Crippen molar-refractivity contribution in [3.05, 3.63) is 65.5 Å². The predicted molar refractivity (Wildman–Crippen MR) is 102 cm³/mol. The topological polar surface area (TPSA) is 62.2 Å². The molecule has 24 heavy (non-hydrogen) atoms. The number of nitrogens with one attached hydrogen (secondary N) is 2. The lowest BCUT2D eigenvalue weighted by molar-refractivity contribution is 1.05. The third-order valence-corrected chi connectivity index (χ3v) is 3.65. The predicted octanol–water partition coefficient (Wildman–Crippen LogP) is 3.57. The second-order valence-corrected chi connectivity index (χ2v) is 5.83. The Morgan fingerprint density at radius 2 is 1.92 bits per heavy atom. The number of para-hydroxylation sites is 2. The number of fused-ring (bicyclic) bond motifs is 1. The molecule has 6 heteroatoms. The van der Waals surface area contributed by atoms with Crippen LogP contribution in [0.25, 0.3) is 11.0 Å². The summed E-state index contributed by atoms with van der Waals surface area (Å²) in [5.74, 6) is 0. The van der Waals surface area contributed by atoms with Crippen LogP contribution in [0.3, 0.4) is 0 Å². The quantitative estimate of drug-likeness (QED) is 0.435. The monoisotopic (exact) mass is 335 g/mol. The zero-order valence-corrected chi connectivity index (χ0v) is 14.3. The molecule has 1 heterocycles. The van der Waals surface area contributed by atoms with Gasteiger partial charge in [-0.15, -0.1) is 0 Å². The fraction of sp³-hybridized carbons (Fsp3) is 0.111. The lowest BCUT2D eigenvalue weighted by Gasteiger charge is -2.10. The number of nitrogens with zero attached hydrogens (tertiary/aromatic N) is 3. The molecule has 0 unspecified atom stereocenters. The molecule has 0 radical (unpaired) electrons. The smallest absolute Gasteiger partial charge is 0.191 e. The molecule has 2 N–H and O–H groups in total.